The van der Waals surface area contributed by atoms with Gasteiger partial charge in [-0.1, -0.05) is 121 Å². The molecule has 0 saturated heterocycles. The van der Waals surface area contributed by atoms with Gasteiger partial charge < -0.3 is 9.47 Å². The Morgan fingerprint density at radius 1 is 0.261 bits per heavy atom. The lowest BCUT2D eigenvalue weighted by molar-refractivity contribution is 0.486. The van der Waals surface area contributed by atoms with Crippen molar-refractivity contribution in [2.75, 3.05) is 0 Å². The van der Waals surface area contributed by atoms with Gasteiger partial charge in [-0.2, -0.15) is 0 Å². The third-order valence-corrected chi connectivity index (χ3v) is 9.49. The van der Waals surface area contributed by atoms with E-state index in [1.807, 2.05) is 0 Å². The first-order chi connectivity index (χ1) is 22.8. The predicted molar refractivity (Wildman–Crippen MR) is 189 cm³/mol. The lowest BCUT2D eigenvalue weighted by atomic mass is 9.88. The molecule has 0 unspecified atom stereocenters. The summed E-state index contributed by atoms with van der Waals surface area (Å²) in [5, 5.41) is 4.73. The maximum absolute atomic E-state index is 6.62. The van der Waals surface area contributed by atoms with E-state index in [2.05, 4.69) is 158 Å². The van der Waals surface area contributed by atoms with Crippen molar-refractivity contribution < 1.29 is 9.47 Å². The Bertz CT molecular complexity index is 2330. The Balaban J connectivity index is 1.06. The molecule has 2 heterocycles. The zero-order chi connectivity index (χ0) is 30.2. The molecule has 0 aliphatic carbocycles. The van der Waals surface area contributed by atoms with E-state index < -0.39 is 0 Å². The fourth-order valence-corrected chi connectivity index (χ4v) is 7.36. The summed E-state index contributed by atoms with van der Waals surface area (Å²) >= 11 is 0. The molecule has 0 atom stereocenters. The SMILES string of the molecule is c1ccc(-c2ccc3c4c(cccc24)Oc2cc(-c4ccc5c(c4)Oc4cccc6c(-c7ccccc7)ccc-5c46)ccc2-3)cc1. The summed E-state index contributed by atoms with van der Waals surface area (Å²) < 4.78 is 13.2. The fourth-order valence-electron chi connectivity index (χ4n) is 7.36. The van der Waals surface area contributed by atoms with Crippen molar-refractivity contribution in [3.8, 4) is 78.6 Å². The number of rotatable bonds is 3. The van der Waals surface area contributed by atoms with Crippen molar-refractivity contribution in [1.29, 1.82) is 0 Å². The Morgan fingerprint density at radius 3 is 1.13 bits per heavy atom. The molecule has 0 N–H and O–H groups in total. The molecular weight excluding hydrogens is 560 g/mol. The van der Waals surface area contributed by atoms with Gasteiger partial charge in [-0.05, 0) is 91.7 Å². The molecule has 8 aromatic rings. The van der Waals surface area contributed by atoms with E-state index in [0.29, 0.717) is 0 Å². The average Bonchev–Trinajstić information content (AvgIpc) is 3.12. The van der Waals surface area contributed by atoms with Crippen LogP contribution in [0.2, 0.25) is 0 Å². The molecule has 0 amide bonds. The minimum absolute atomic E-state index is 0.868. The number of hydrogen-bond acceptors (Lipinski definition) is 2. The Labute approximate surface area is 266 Å². The van der Waals surface area contributed by atoms with Gasteiger partial charge in [0.15, 0.2) is 0 Å². The van der Waals surface area contributed by atoms with Gasteiger partial charge in [0.2, 0.25) is 0 Å². The zero-order valence-electron chi connectivity index (χ0n) is 24.8. The maximum atomic E-state index is 6.62. The van der Waals surface area contributed by atoms with Crippen molar-refractivity contribution in [1.82, 2.24) is 0 Å². The maximum Gasteiger partial charge on any atom is 0.135 e. The summed E-state index contributed by atoms with van der Waals surface area (Å²) in [7, 11) is 0. The molecule has 0 radical (unpaired) electrons. The smallest absolute Gasteiger partial charge is 0.135 e. The molecule has 10 rings (SSSR count). The first kappa shape index (κ1) is 25.2. The predicted octanol–water partition coefficient (Wildman–Crippen LogP) is 12.5. The first-order valence-corrected chi connectivity index (χ1v) is 15.7. The van der Waals surface area contributed by atoms with E-state index in [1.165, 1.54) is 44.2 Å². The van der Waals surface area contributed by atoms with Crippen molar-refractivity contribution in [2.24, 2.45) is 0 Å². The van der Waals surface area contributed by atoms with Gasteiger partial charge in [0.1, 0.15) is 23.0 Å². The van der Waals surface area contributed by atoms with Crippen LogP contribution in [0.4, 0.5) is 0 Å². The highest BCUT2D eigenvalue weighted by Crippen LogP contribution is 2.52. The molecule has 214 valence electrons. The molecule has 0 fully saturated rings. The van der Waals surface area contributed by atoms with Gasteiger partial charge in [-0.3, -0.25) is 0 Å². The van der Waals surface area contributed by atoms with E-state index >= 15 is 0 Å². The lowest BCUT2D eigenvalue weighted by Gasteiger charge is -2.24. The minimum Gasteiger partial charge on any atom is -0.456 e. The standard InChI is InChI=1S/C44H26O2/c1-3-9-27(10-4-1)31-21-23-37-33-19-17-29(25-41(33)45-39-15-7-13-35(31)43(37)39)30-18-20-34-38-24-22-32(28-11-5-2-6-12-28)36-14-8-16-40(44(36)38)46-42(34)26-30/h1-26H. The summed E-state index contributed by atoms with van der Waals surface area (Å²) in [4.78, 5) is 0. The van der Waals surface area contributed by atoms with Crippen LogP contribution in [0, 0.1) is 0 Å². The van der Waals surface area contributed by atoms with Crippen LogP contribution < -0.4 is 9.47 Å². The molecule has 0 bridgehead atoms. The van der Waals surface area contributed by atoms with Crippen molar-refractivity contribution >= 4 is 21.5 Å². The Morgan fingerprint density at radius 2 is 0.674 bits per heavy atom. The van der Waals surface area contributed by atoms with Crippen LogP contribution in [0.25, 0.3) is 77.2 Å². The number of ether oxygens (including phenoxy) is 2. The van der Waals surface area contributed by atoms with Crippen LogP contribution in [-0.2, 0) is 0 Å². The second-order valence-corrected chi connectivity index (χ2v) is 12.0. The fraction of sp³-hybridized carbons (Fsp3) is 0. The van der Waals surface area contributed by atoms with Gasteiger partial charge in [-0.25, -0.2) is 0 Å². The van der Waals surface area contributed by atoms with Crippen LogP contribution in [-0.4, -0.2) is 0 Å². The van der Waals surface area contributed by atoms with Crippen LogP contribution in [0.3, 0.4) is 0 Å². The molecule has 2 aliphatic rings. The number of hydrogen-bond donors (Lipinski definition) is 0. The third-order valence-electron chi connectivity index (χ3n) is 9.49. The average molecular weight is 587 g/mol. The van der Waals surface area contributed by atoms with Gasteiger partial charge in [0.25, 0.3) is 0 Å². The minimum atomic E-state index is 0.868. The summed E-state index contributed by atoms with van der Waals surface area (Å²) in [5.41, 5.74) is 11.6. The van der Waals surface area contributed by atoms with Gasteiger partial charge in [0, 0.05) is 21.9 Å². The molecular formula is C44H26O2. The topological polar surface area (TPSA) is 18.5 Å². The van der Waals surface area contributed by atoms with E-state index in [9.17, 15) is 0 Å². The summed E-state index contributed by atoms with van der Waals surface area (Å²) in [6.45, 7) is 0. The van der Waals surface area contributed by atoms with E-state index in [4.69, 9.17) is 9.47 Å². The molecule has 8 aromatic carbocycles. The highest BCUT2D eigenvalue weighted by molar-refractivity contribution is 6.11. The largest absolute Gasteiger partial charge is 0.456 e. The monoisotopic (exact) mass is 586 g/mol. The number of benzene rings is 8. The second kappa shape index (κ2) is 9.69. The quantitative estimate of drug-likeness (QED) is 0.205. The normalized spacial score (nSPS) is 12.3. The molecule has 2 nitrogen and oxygen atoms in total. The van der Waals surface area contributed by atoms with Crippen molar-refractivity contribution in [3.63, 3.8) is 0 Å². The summed E-state index contributed by atoms with van der Waals surface area (Å²) in [5.74, 6) is 3.52. The lowest BCUT2D eigenvalue weighted by Crippen LogP contribution is -1.99. The highest BCUT2D eigenvalue weighted by Gasteiger charge is 2.24. The molecule has 46 heavy (non-hydrogen) atoms. The number of fused-ring (bicyclic) bond motifs is 4. The molecule has 0 saturated carbocycles. The third kappa shape index (κ3) is 3.71. The molecule has 0 aromatic heterocycles. The van der Waals surface area contributed by atoms with Crippen LogP contribution in [0.15, 0.2) is 158 Å². The summed E-state index contributed by atoms with van der Waals surface area (Å²) in [6.07, 6.45) is 0. The Hall–Kier alpha value is -6.12. The van der Waals surface area contributed by atoms with Crippen LogP contribution in [0.5, 0.6) is 23.0 Å². The summed E-state index contributed by atoms with van der Waals surface area (Å²) in [6, 6.07) is 55.9. The first-order valence-electron chi connectivity index (χ1n) is 15.7. The van der Waals surface area contributed by atoms with E-state index in [0.717, 1.165) is 56.0 Å². The van der Waals surface area contributed by atoms with Crippen molar-refractivity contribution in [3.05, 3.63) is 158 Å². The van der Waals surface area contributed by atoms with Gasteiger partial charge in [0.05, 0.1) is 0 Å². The van der Waals surface area contributed by atoms with Crippen molar-refractivity contribution in [2.45, 2.75) is 0 Å². The molecule has 0 spiro atoms. The van der Waals surface area contributed by atoms with E-state index in [-0.39, 0.29) is 0 Å². The molecule has 2 heteroatoms. The van der Waals surface area contributed by atoms with E-state index in [1.54, 1.807) is 0 Å². The van der Waals surface area contributed by atoms with Gasteiger partial charge in [-0.15, -0.1) is 0 Å². The van der Waals surface area contributed by atoms with Crippen LogP contribution >= 0.6 is 0 Å². The zero-order valence-corrected chi connectivity index (χ0v) is 24.8. The van der Waals surface area contributed by atoms with Crippen LogP contribution in [0.1, 0.15) is 0 Å². The van der Waals surface area contributed by atoms with Gasteiger partial charge >= 0.3 is 0 Å². The second-order valence-electron chi connectivity index (χ2n) is 12.0. The molecule has 2 aliphatic heterocycles. The Kier molecular flexibility index (Phi) is 5.31. The highest BCUT2D eigenvalue weighted by atomic mass is 16.5.